The van der Waals surface area contributed by atoms with E-state index in [9.17, 15) is 24.6 Å². The van der Waals surface area contributed by atoms with Crippen molar-refractivity contribution in [1.82, 2.24) is 20.6 Å². The standard InChI is InChI=1S/C27H31N5O5/c1-16-7-4-10-20(13-16)24(34)29-15-22(26(36)37)32-25(35)23-17(2)30-27(31-18(23)3)28-12-6-9-19-8-5-11-21(33)14-19/h4-5,7-8,10-11,13-14,22,33H,6,9,12,15H2,1-3H3,(H,29,34)(H,32,35)(H,36,37)(H,28,30,31)/t22-/m0/s1. The number of nitrogens with zero attached hydrogens (tertiary/aromatic N) is 2. The van der Waals surface area contributed by atoms with Crippen LogP contribution in [0.1, 0.15) is 49.7 Å². The second-order valence-corrected chi connectivity index (χ2v) is 8.74. The Morgan fingerprint density at radius 3 is 2.30 bits per heavy atom. The van der Waals surface area contributed by atoms with Gasteiger partial charge in [-0.3, -0.25) is 9.59 Å². The lowest BCUT2D eigenvalue weighted by Gasteiger charge is -2.17. The van der Waals surface area contributed by atoms with Crippen molar-refractivity contribution < 1.29 is 24.6 Å². The zero-order valence-electron chi connectivity index (χ0n) is 21.0. The topological polar surface area (TPSA) is 154 Å². The largest absolute Gasteiger partial charge is 0.508 e. The van der Waals surface area contributed by atoms with Gasteiger partial charge in [0.05, 0.1) is 17.0 Å². The number of benzene rings is 2. The molecule has 37 heavy (non-hydrogen) atoms. The van der Waals surface area contributed by atoms with Crippen molar-refractivity contribution in [2.45, 2.75) is 39.7 Å². The molecule has 1 heterocycles. The van der Waals surface area contributed by atoms with E-state index in [1.807, 2.05) is 19.1 Å². The molecule has 194 valence electrons. The number of amides is 2. The molecule has 0 saturated carbocycles. The molecule has 0 saturated heterocycles. The van der Waals surface area contributed by atoms with Gasteiger partial charge in [0.15, 0.2) is 0 Å². The van der Waals surface area contributed by atoms with Crippen molar-refractivity contribution in [2.24, 2.45) is 0 Å². The van der Waals surface area contributed by atoms with Gasteiger partial charge < -0.3 is 26.2 Å². The molecular formula is C27H31N5O5. The predicted molar refractivity (Wildman–Crippen MR) is 139 cm³/mol. The lowest BCUT2D eigenvalue weighted by atomic mass is 10.1. The molecule has 2 amide bonds. The van der Waals surface area contributed by atoms with E-state index < -0.39 is 23.8 Å². The fourth-order valence-electron chi connectivity index (χ4n) is 3.84. The van der Waals surface area contributed by atoms with Crippen molar-refractivity contribution in [2.75, 3.05) is 18.4 Å². The van der Waals surface area contributed by atoms with Crippen LogP contribution in [0.2, 0.25) is 0 Å². The van der Waals surface area contributed by atoms with Crippen LogP contribution in [0.5, 0.6) is 5.75 Å². The number of rotatable bonds is 11. The number of carbonyl (C=O) groups is 3. The summed E-state index contributed by atoms with van der Waals surface area (Å²) in [5.41, 5.74) is 3.30. The Morgan fingerprint density at radius 1 is 0.946 bits per heavy atom. The van der Waals surface area contributed by atoms with Crippen molar-refractivity contribution in [3.8, 4) is 5.75 Å². The van der Waals surface area contributed by atoms with Gasteiger partial charge in [0.1, 0.15) is 11.8 Å². The molecule has 1 aromatic heterocycles. The molecule has 0 aliphatic carbocycles. The maximum atomic E-state index is 12.9. The van der Waals surface area contributed by atoms with Gasteiger partial charge in [-0.05, 0) is 63.4 Å². The summed E-state index contributed by atoms with van der Waals surface area (Å²) in [5, 5.41) is 27.3. The monoisotopic (exact) mass is 505 g/mol. The number of aryl methyl sites for hydroxylation is 4. The van der Waals surface area contributed by atoms with E-state index in [2.05, 4.69) is 25.9 Å². The number of aromatic nitrogens is 2. The van der Waals surface area contributed by atoms with Crippen molar-refractivity contribution in [3.05, 3.63) is 82.2 Å². The Bertz CT molecular complexity index is 1270. The third-order valence-electron chi connectivity index (χ3n) is 5.68. The normalized spacial score (nSPS) is 11.4. The first-order chi connectivity index (χ1) is 17.6. The second kappa shape index (κ2) is 12.5. The Hall–Kier alpha value is -4.47. The second-order valence-electron chi connectivity index (χ2n) is 8.74. The van der Waals surface area contributed by atoms with E-state index in [4.69, 9.17) is 0 Å². The number of anilines is 1. The number of hydrogen-bond acceptors (Lipinski definition) is 7. The molecular weight excluding hydrogens is 474 g/mol. The highest BCUT2D eigenvalue weighted by Crippen LogP contribution is 2.15. The molecule has 2 aromatic carbocycles. The van der Waals surface area contributed by atoms with E-state index in [-0.39, 0.29) is 17.9 Å². The van der Waals surface area contributed by atoms with Crippen LogP contribution in [0.15, 0.2) is 48.5 Å². The summed E-state index contributed by atoms with van der Waals surface area (Å²) >= 11 is 0. The van der Waals surface area contributed by atoms with Gasteiger partial charge in [-0.15, -0.1) is 0 Å². The van der Waals surface area contributed by atoms with Crippen LogP contribution in [-0.4, -0.2) is 57.1 Å². The molecule has 10 heteroatoms. The first-order valence-corrected chi connectivity index (χ1v) is 11.9. The molecule has 5 N–H and O–H groups in total. The third-order valence-corrected chi connectivity index (χ3v) is 5.68. The zero-order chi connectivity index (χ0) is 26.9. The maximum Gasteiger partial charge on any atom is 0.328 e. The number of nitrogens with one attached hydrogen (secondary N) is 3. The molecule has 0 fully saturated rings. The summed E-state index contributed by atoms with van der Waals surface area (Å²) in [5.74, 6) is -1.75. The molecule has 1 atom stereocenters. The van der Waals surface area contributed by atoms with Gasteiger partial charge in [-0.25, -0.2) is 14.8 Å². The van der Waals surface area contributed by atoms with Crippen LogP contribution in [0.3, 0.4) is 0 Å². The quantitative estimate of drug-likeness (QED) is 0.249. The van der Waals surface area contributed by atoms with Crippen LogP contribution >= 0.6 is 0 Å². The fraction of sp³-hybridized carbons (Fsp3) is 0.296. The van der Waals surface area contributed by atoms with E-state index >= 15 is 0 Å². The van der Waals surface area contributed by atoms with Crippen LogP contribution in [-0.2, 0) is 11.2 Å². The van der Waals surface area contributed by atoms with E-state index in [1.54, 1.807) is 50.2 Å². The number of aromatic hydroxyl groups is 1. The fourth-order valence-corrected chi connectivity index (χ4v) is 3.84. The number of phenolic OH excluding ortho intramolecular Hbond substituents is 1. The smallest absolute Gasteiger partial charge is 0.328 e. The van der Waals surface area contributed by atoms with Crippen LogP contribution in [0.4, 0.5) is 5.95 Å². The van der Waals surface area contributed by atoms with Gasteiger partial charge in [0, 0.05) is 18.7 Å². The van der Waals surface area contributed by atoms with Gasteiger partial charge in [-0.2, -0.15) is 0 Å². The van der Waals surface area contributed by atoms with Crippen molar-refractivity contribution in [3.63, 3.8) is 0 Å². The third kappa shape index (κ3) is 7.76. The lowest BCUT2D eigenvalue weighted by molar-refractivity contribution is -0.139. The minimum Gasteiger partial charge on any atom is -0.508 e. The predicted octanol–water partition coefficient (Wildman–Crippen LogP) is 2.77. The van der Waals surface area contributed by atoms with E-state index in [0.717, 1.165) is 24.0 Å². The average molecular weight is 506 g/mol. The summed E-state index contributed by atoms with van der Waals surface area (Å²) in [7, 11) is 0. The Labute approximate surface area is 215 Å². The lowest BCUT2D eigenvalue weighted by Crippen LogP contribution is -2.48. The molecule has 3 aromatic rings. The number of aliphatic carboxylic acids is 1. The molecule has 0 radical (unpaired) electrons. The summed E-state index contributed by atoms with van der Waals surface area (Å²) in [6.07, 6.45) is 1.54. The van der Waals surface area contributed by atoms with Gasteiger partial charge in [0.25, 0.3) is 11.8 Å². The maximum absolute atomic E-state index is 12.9. The Kier molecular flexibility index (Phi) is 9.15. The van der Waals surface area contributed by atoms with Crippen LogP contribution in [0, 0.1) is 20.8 Å². The molecule has 10 nitrogen and oxygen atoms in total. The molecule has 0 aliphatic heterocycles. The Balaban J connectivity index is 1.58. The molecule has 3 rings (SSSR count). The summed E-state index contributed by atoms with van der Waals surface area (Å²) in [6, 6.07) is 12.6. The SMILES string of the molecule is Cc1cccc(C(=O)NC[C@H](NC(=O)c2c(C)nc(NCCCc3cccc(O)c3)nc2C)C(=O)O)c1. The highest BCUT2D eigenvalue weighted by molar-refractivity contribution is 5.99. The first-order valence-electron chi connectivity index (χ1n) is 11.9. The molecule has 0 bridgehead atoms. The van der Waals surface area contributed by atoms with E-state index in [0.29, 0.717) is 29.4 Å². The number of hydrogen-bond donors (Lipinski definition) is 5. The van der Waals surface area contributed by atoms with E-state index in [1.165, 1.54) is 0 Å². The summed E-state index contributed by atoms with van der Waals surface area (Å²) in [4.78, 5) is 45.7. The number of carboxylic acids is 1. The highest BCUT2D eigenvalue weighted by Gasteiger charge is 2.24. The van der Waals surface area contributed by atoms with Crippen molar-refractivity contribution in [1.29, 1.82) is 0 Å². The van der Waals surface area contributed by atoms with Gasteiger partial charge in [0.2, 0.25) is 5.95 Å². The minimum atomic E-state index is -1.34. The number of phenols is 1. The first kappa shape index (κ1) is 27.1. The number of carboxylic acid groups (broad SMARTS) is 1. The van der Waals surface area contributed by atoms with Crippen LogP contribution < -0.4 is 16.0 Å². The summed E-state index contributed by atoms with van der Waals surface area (Å²) < 4.78 is 0. The highest BCUT2D eigenvalue weighted by atomic mass is 16.4. The molecule has 0 aliphatic rings. The summed E-state index contributed by atoms with van der Waals surface area (Å²) in [6.45, 7) is 5.45. The Morgan fingerprint density at radius 2 is 1.65 bits per heavy atom. The molecule has 0 unspecified atom stereocenters. The van der Waals surface area contributed by atoms with Crippen LogP contribution in [0.25, 0.3) is 0 Å². The zero-order valence-corrected chi connectivity index (χ0v) is 21.0. The van der Waals surface area contributed by atoms with Gasteiger partial charge >= 0.3 is 5.97 Å². The molecule has 0 spiro atoms. The number of carbonyl (C=O) groups excluding carboxylic acids is 2. The van der Waals surface area contributed by atoms with Crippen molar-refractivity contribution >= 4 is 23.7 Å². The average Bonchev–Trinajstić information content (AvgIpc) is 2.83. The minimum absolute atomic E-state index is 0.182. The van der Waals surface area contributed by atoms with Gasteiger partial charge in [-0.1, -0.05) is 29.8 Å².